The largest absolute Gasteiger partial charge is 0.497 e. The summed E-state index contributed by atoms with van der Waals surface area (Å²) in [7, 11) is 1.49. The summed E-state index contributed by atoms with van der Waals surface area (Å²) in [4.78, 5) is 41.6. The number of anilines is 1. The Labute approximate surface area is 184 Å². The molecule has 0 aromatic heterocycles. The predicted octanol–water partition coefficient (Wildman–Crippen LogP) is 1.42. The van der Waals surface area contributed by atoms with Crippen molar-refractivity contribution in [2.75, 3.05) is 25.6 Å². The zero-order valence-corrected chi connectivity index (χ0v) is 17.7. The fourth-order valence-electron chi connectivity index (χ4n) is 3.32. The van der Waals surface area contributed by atoms with E-state index in [1.165, 1.54) is 13.2 Å². The molecule has 10 heteroatoms. The van der Waals surface area contributed by atoms with Crippen molar-refractivity contribution in [3.05, 3.63) is 58.6 Å². The van der Waals surface area contributed by atoms with E-state index in [-0.39, 0.29) is 23.0 Å². The molecular weight excluding hydrogens is 422 g/mol. The highest BCUT2D eigenvalue weighted by Crippen LogP contribution is 2.29. The molecule has 31 heavy (non-hydrogen) atoms. The Bertz CT molecular complexity index is 1050. The van der Waals surface area contributed by atoms with E-state index in [1.54, 1.807) is 43.3 Å². The van der Waals surface area contributed by atoms with Crippen molar-refractivity contribution in [3.8, 4) is 5.75 Å². The first-order valence-electron chi connectivity index (χ1n) is 9.47. The van der Waals surface area contributed by atoms with Crippen LogP contribution in [0.5, 0.6) is 5.75 Å². The lowest BCUT2D eigenvalue weighted by atomic mass is 9.84. The summed E-state index contributed by atoms with van der Waals surface area (Å²) in [6.45, 7) is 2.21. The van der Waals surface area contributed by atoms with E-state index in [0.29, 0.717) is 23.5 Å². The van der Waals surface area contributed by atoms with Crippen LogP contribution in [-0.4, -0.2) is 43.8 Å². The Morgan fingerprint density at radius 2 is 1.90 bits per heavy atom. The molecule has 0 spiro atoms. The van der Waals surface area contributed by atoms with E-state index in [2.05, 4.69) is 20.9 Å². The number of carbonyl (C=O) groups excluding carboxylic acids is 3. The third-order valence-corrected chi connectivity index (χ3v) is 5.18. The molecule has 1 unspecified atom stereocenters. The Morgan fingerprint density at radius 3 is 2.52 bits per heavy atom. The van der Waals surface area contributed by atoms with E-state index in [9.17, 15) is 14.4 Å². The Hall–Kier alpha value is -3.43. The number of benzene rings is 2. The first kappa shape index (κ1) is 22.3. The Balaban J connectivity index is 1.87. The monoisotopic (exact) mass is 443 g/mol. The number of carbonyl (C=O) groups is 3. The number of aliphatic imine (C=N–C) groups is 1. The summed E-state index contributed by atoms with van der Waals surface area (Å²) < 4.78 is 5.13. The minimum Gasteiger partial charge on any atom is -0.497 e. The molecule has 1 aliphatic rings. The Kier molecular flexibility index (Phi) is 6.57. The molecule has 0 saturated heterocycles. The standard InChI is InChI=1S/C21H22ClN5O4/c1-3-24-19(29)17-21(20(23)30,26-11-25-17)12-4-6-13(7-5-12)27-18(28)15-10-14(31-2)8-9-16(15)22/h4-10,26H,3,11H2,1-2H3,(H2,23,30)(H,24,29)(H,27,28). The number of halogens is 1. The lowest BCUT2D eigenvalue weighted by Crippen LogP contribution is -2.58. The molecule has 5 N–H and O–H groups in total. The normalized spacial score (nSPS) is 17.6. The number of ether oxygens (including phenoxy) is 1. The molecule has 9 nitrogen and oxygen atoms in total. The van der Waals surface area contributed by atoms with Crippen LogP contribution in [0.25, 0.3) is 0 Å². The van der Waals surface area contributed by atoms with Crippen molar-refractivity contribution in [1.82, 2.24) is 10.6 Å². The maximum atomic E-state index is 12.6. The van der Waals surface area contributed by atoms with Crippen LogP contribution in [0.2, 0.25) is 5.02 Å². The molecule has 1 heterocycles. The second kappa shape index (κ2) is 9.15. The van der Waals surface area contributed by atoms with Crippen LogP contribution in [0.1, 0.15) is 22.8 Å². The maximum Gasteiger partial charge on any atom is 0.268 e. The van der Waals surface area contributed by atoms with Crippen LogP contribution in [0.15, 0.2) is 47.5 Å². The van der Waals surface area contributed by atoms with Crippen molar-refractivity contribution in [2.24, 2.45) is 10.7 Å². The van der Waals surface area contributed by atoms with Gasteiger partial charge in [-0.2, -0.15) is 0 Å². The molecule has 1 atom stereocenters. The van der Waals surface area contributed by atoms with Crippen molar-refractivity contribution >= 4 is 40.7 Å². The third kappa shape index (κ3) is 4.23. The zero-order valence-electron chi connectivity index (χ0n) is 17.0. The SMILES string of the molecule is CCNC(=O)C1=NCNC1(C(N)=O)c1ccc(NC(=O)c2cc(OC)ccc2Cl)cc1. The van der Waals surface area contributed by atoms with Crippen LogP contribution in [0.3, 0.4) is 0 Å². The van der Waals surface area contributed by atoms with Crippen LogP contribution >= 0.6 is 11.6 Å². The summed E-state index contributed by atoms with van der Waals surface area (Å²) in [6, 6.07) is 11.2. The number of rotatable bonds is 7. The highest BCUT2D eigenvalue weighted by molar-refractivity contribution is 6.47. The zero-order chi connectivity index (χ0) is 22.6. The summed E-state index contributed by atoms with van der Waals surface area (Å²) >= 11 is 6.12. The molecule has 2 aromatic rings. The van der Waals surface area contributed by atoms with Gasteiger partial charge in [0.15, 0.2) is 5.54 Å². The van der Waals surface area contributed by atoms with Gasteiger partial charge in [0.1, 0.15) is 11.5 Å². The van der Waals surface area contributed by atoms with E-state index < -0.39 is 23.3 Å². The molecule has 3 amide bonds. The highest BCUT2D eigenvalue weighted by atomic mass is 35.5. The Morgan fingerprint density at radius 1 is 1.19 bits per heavy atom. The molecule has 0 fully saturated rings. The lowest BCUT2D eigenvalue weighted by molar-refractivity contribution is -0.123. The molecule has 2 aromatic carbocycles. The molecule has 0 aliphatic carbocycles. The number of nitrogens with two attached hydrogens (primary N) is 1. The van der Waals surface area contributed by atoms with Gasteiger partial charge in [-0.3, -0.25) is 24.7 Å². The first-order chi connectivity index (χ1) is 14.8. The minimum atomic E-state index is -1.56. The topological polar surface area (TPSA) is 135 Å². The molecule has 162 valence electrons. The minimum absolute atomic E-state index is 0.00166. The summed E-state index contributed by atoms with van der Waals surface area (Å²) in [5.74, 6) is -1.16. The summed E-state index contributed by atoms with van der Waals surface area (Å²) in [5, 5.41) is 8.58. The fourth-order valence-corrected chi connectivity index (χ4v) is 3.52. The van der Waals surface area contributed by atoms with E-state index in [0.717, 1.165) is 0 Å². The number of nitrogens with one attached hydrogen (secondary N) is 3. The fraction of sp³-hybridized carbons (Fsp3) is 0.238. The van der Waals surface area contributed by atoms with Gasteiger partial charge < -0.3 is 21.1 Å². The third-order valence-electron chi connectivity index (χ3n) is 4.85. The van der Waals surface area contributed by atoms with E-state index >= 15 is 0 Å². The van der Waals surface area contributed by atoms with E-state index in [1.807, 2.05) is 0 Å². The predicted molar refractivity (Wildman–Crippen MR) is 117 cm³/mol. The van der Waals surface area contributed by atoms with Gasteiger partial charge in [-0.25, -0.2) is 0 Å². The van der Waals surface area contributed by atoms with Crippen molar-refractivity contribution < 1.29 is 19.1 Å². The number of hydrogen-bond donors (Lipinski definition) is 4. The van der Waals surface area contributed by atoms with Gasteiger partial charge in [0.25, 0.3) is 11.8 Å². The van der Waals surface area contributed by atoms with Crippen LogP contribution in [0, 0.1) is 0 Å². The average Bonchev–Trinajstić information content (AvgIpc) is 3.21. The van der Waals surface area contributed by atoms with Crippen molar-refractivity contribution in [3.63, 3.8) is 0 Å². The van der Waals surface area contributed by atoms with Gasteiger partial charge >= 0.3 is 0 Å². The number of nitrogens with zero attached hydrogens (tertiary/aromatic N) is 1. The first-order valence-corrected chi connectivity index (χ1v) is 9.84. The molecular formula is C21H22ClN5O4. The van der Waals surface area contributed by atoms with Gasteiger partial charge in [-0.15, -0.1) is 0 Å². The van der Waals surface area contributed by atoms with Crippen molar-refractivity contribution in [2.45, 2.75) is 12.5 Å². The summed E-state index contributed by atoms with van der Waals surface area (Å²) in [5.41, 5.74) is 5.26. The van der Waals surface area contributed by atoms with Crippen LogP contribution in [-0.2, 0) is 15.1 Å². The van der Waals surface area contributed by atoms with Gasteiger partial charge in [-0.05, 0) is 42.8 Å². The number of methoxy groups -OCH3 is 1. The second-order valence-electron chi connectivity index (χ2n) is 6.69. The second-order valence-corrected chi connectivity index (χ2v) is 7.10. The molecule has 0 radical (unpaired) electrons. The maximum absolute atomic E-state index is 12.6. The van der Waals surface area contributed by atoms with Gasteiger partial charge in [0.05, 0.1) is 24.4 Å². The molecule has 0 bridgehead atoms. The van der Waals surface area contributed by atoms with Crippen molar-refractivity contribution in [1.29, 1.82) is 0 Å². The molecule has 3 rings (SSSR count). The van der Waals surface area contributed by atoms with Gasteiger partial charge in [0, 0.05) is 12.2 Å². The van der Waals surface area contributed by atoms with Gasteiger partial charge in [0.2, 0.25) is 5.91 Å². The van der Waals surface area contributed by atoms with Crippen LogP contribution in [0.4, 0.5) is 5.69 Å². The van der Waals surface area contributed by atoms with Crippen LogP contribution < -0.4 is 26.4 Å². The quantitative estimate of drug-likeness (QED) is 0.513. The molecule has 1 aliphatic heterocycles. The number of hydrogen-bond acceptors (Lipinski definition) is 6. The smallest absolute Gasteiger partial charge is 0.268 e. The number of amides is 3. The lowest BCUT2D eigenvalue weighted by Gasteiger charge is -2.28. The highest BCUT2D eigenvalue weighted by Gasteiger charge is 2.49. The number of primary amides is 1. The summed E-state index contributed by atoms with van der Waals surface area (Å²) in [6.07, 6.45) is 0. The average molecular weight is 444 g/mol. The van der Waals surface area contributed by atoms with Gasteiger partial charge in [-0.1, -0.05) is 23.7 Å². The molecule has 0 saturated carbocycles. The van der Waals surface area contributed by atoms with E-state index in [4.69, 9.17) is 22.1 Å².